The van der Waals surface area contributed by atoms with E-state index >= 15 is 0 Å². The van der Waals surface area contributed by atoms with E-state index in [4.69, 9.17) is 0 Å². The Balaban J connectivity index is 0.00000361. The molecule has 0 spiro atoms. The monoisotopic (exact) mass is 520 g/mol. The van der Waals surface area contributed by atoms with Crippen LogP contribution in [0.25, 0.3) is 0 Å². The Morgan fingerprint density at radius 3 is 1.53 bits per heavy atom. The topological polar surface area (TPSA) is 86.3 Å². The van der Waals surface area contributed by atoms with Crippen molar-refractivity contribution in [2.75, 3.05) is 0 Å². The average Bonchev–Trinajstić information content (AvgIpc) is 2.84. The number of nitro groups is 2. The highest BCUT2D eigenvalue weighted by Gasteiger charge is 2.61. The van der Waals surface area contributed by atoms with E-state index in [1.807, 2.05) is 44.2 Å². The van der Waals surface area contributed by atoms with Crippen LogP contribution in [0.3, 0.4) is 0 Å². The lowest BCUT2D eigenvalue weighted by molar-refractivity contribution is -0.796. The third-order valence-electron chi connectivity index (χ3n) is 6.14. The maximum Gasteiger partial charge on any atom is 0.510 e. The van der Waals surface area contributed by atoms with Gasteiger partial charge in [0.15, 0.2) is 0 Å². The molecule has 4 aromatic carbocycles. The lowest BCUT2D eigenvalue weighted by Crippen LogP contribution is -2.45. The molecule has 184 valence electrons. The van der Waals surface area contributed by atoms with E-state index in [-0.39, 0.29) is 23.5 Å². The Bertz CT molecular complexity index is 1320. The van der Waals surface area contributed by atoms with Crippen LogP contribution in [-0.4, -0.2) is 9.85 Å². The molecular weight excluding hydrogens is 495 g/mol. The van der Waals surface area contributed by atoms with Gasteiger partial charge in [0.2, 0.25) is 0 Å². The summed E-state index contributed by atoms with van der Waals surface area (Å²) in [7, 11) is -1.10. The number of halogens is 1. The number of nitrogens with zero attached hydrogens (tertiary/aromatic N) is 2. The highest BCUT2D eigenvalue weighted by atomic mass is 35.5. The van der Waals surface area contributed by atoms with Gasteiger partial charge in [0.05, 0.1) is 0 Å². The fourth-order valence-corrected chi connectivity index (χ4v) is 6.53. The van der Waals surface area contributed by atoms with Gasteiger partial charge < -0.3 is 0 Å². The van der Waals surface area contributed by atoms with E-state index in [0.717, 1.165) is 27.0 Å². The molecule has 0 aliphatic rings. The van der Waals surface area contributed by atoms with Gasteiger partial charge in [-0.1, -0.05) is 90.0 Å². The zero-order chi connectivity index (χ0) is 25.2. The first-order chi connectivity index (χ1) is 16.7. The normalized spacial score (nSPS) is 11.1. The summed E-state index contributed by atoms with van der Waals surface area (Å²) < 4.78 is 0. The molecule has 0 N–H and O–H groups in total. The van der Waals surface area contributed by atoms with Crippen LogP contribution in [0, 0.1) is 41.0 Å². The van der Waals surface area contributed by atoms with Crippen molar-refractivity contribution in [2.45, 2.75) is 26.4 Å². The van der Waals surface area contributed by atoms with Gasteiger partial charge in [0.25, 0.3) is 0 Å². The smallest absolute Gasteiger partial charge is 0.258 e. The molecule has 0 atom stereocenters. The van der Waals surface area contributed by atoms with Crippen molar-refractivity contribution in [1.29, 1.82) is 0 Å². The van der Waals surface area contributed by atoms with Gasteiger partial charge in [-0.05, 0) is 68.4 Å². The first-order valence-electron chi connectivity index (χ1n) is 11.1. The molecule has 0 unspecified atom stereocenters. The lowest BCUT2D eigenvalue weighted by atomic mass is 9.89. The SMILES string of the molecule is Cc1ccc(P(c2ccc(C)cc2)c2ccc(C)c(C(c3ccccc3)([N+](=O)[O-])[N+](=O)[O-])c2)cc1.Cl. The summed E-state index contributed by atoms with van der Waals surface area (Å²) >= 11 is 0. The van der Waals surface area contributed by atoms with Crippen molar-refractivity contribution in [3.8, 4) is 0 Å². The second-order valence-electron chi connectivity index (χ2n) is 8.56. The first kappa shape index (κ1) is 27.0. The molecule has 0 radical (unpaired) electrons. The van der Waals surface area contributed by atoms with Crippen LogP contribution in [0.1, 0.15) is 27.8 Å². The van der Waals surface area contributed by atoms with Gasteiger partial charge >= 0.3 is 5.66 Å². The fraction of sp³-hybridized carbons (Fsp3) is 0.143. The van der Waals surface area contributed by atoms with Gasteiger partial charge in [0.1, 0.15) is 21.0 Å². The summed E-state index contributed by atoms with van der Waals surface area (Å²) in [6.07, 6.45) is 0. The van der Waals surface area contributed by atoms with E-state index < -0.39 is 23.4 Å². The zero-order valence-corrected chi connectivity index (χ0v) is 21.8. The summed E-state index contributed by atoms with van der Waals surface area (Å²) in [5.41, 5.74) is 0.231. The van der Waals surface area contributed by atoms with Gasteiger partial charge in [-0.15, -0.1) is 12.4 Å². The van der Waals surface area contributed by atoms with Crippen LogP contribution in [0.4, 0.5) is 0 Å². The standard InChI is InChI=1S/C28H25N2O4P.ClH/c1-20-9-14-24(15-10-20)35(25-16-11-21(2)12-17-25)26-18-13-22(3)27(19-26)28(29(31)32,30(33)34)23-7-5-4-6-8-23;/h4-19H,1-3H3;1H. The second-order valence-corrected chi connectivity index (χ2v) is 10.8. The largest absolute Gasteiger partial charge is 0.510 e. The van der Waals surface area contributed by atoms with Crippen LogP contribution in [-0.2, 0) is 5.66 Å². The molecular formula is C28H26ClN2O4P. The predicted molar refractivity (Wildman–Crippen MR) is 148 cm³/mol. The minimum Gasteiger partial charge on any atom is -0.258 e. The Hall–Kier alpha value is -3.60. The Morgan fingerprint density at radius 1 is 0.639 bits per heavy atom. The van der Waals surface area contributed by atoms with Crippen molar-refractivity contribution >= 4 is 36.2 Å². The van der Waals surface area contributed by atoms with E-state index in [1.54, 1.807) is 37.3 Å². The number of aryl methyl sites for hydroxylation is 3. The summed E-state index contributed by atoms with van der Waals surface area (Å²) in [5.74, 6) is 0. The van der Waals surface area contributed by atoms with Gasteiger partial charge in [0, 0.05) is 0 Å². The molecule has 0 bridgehead atoms. The van der Waals surface area contributed by atoms with Crippen molar-refractivity contribution in [3.05, 3.63) is 145 Å². The molecule has 0 saturated heterocycles. The van der Waals surface area contributed by atoms with E-state index in [9.17, 15) is 20.2 Å². The predicted octanol–water partition coefficient (Wildman–Crippen LogP) is 5.55. The van der Waals surface area contributed by atoms with Crippen LogP contribution < -0.4 is 15.9 Å². The van der Waals surface area contributed by atoms with E-state index in [0.29, 0.717) is 5.56 Å². The van der Waals surface area contributed by atoms with Gasteiger partial charge in [-0.2, -0.15) is 0 Å². The zero-order valence-electron chi connectivity index (χ0n) is 20.1. The molecule has 4 rings (SSSR count). The minimum atomic E-state index is -2.61. The lowest BCUT2D eigenvalue weighted by Gasteiger charge is -2.24. The quantitative estimate of drug-likeness (QED) is 0.138. The Labute approximate surface area is 217 Å². The van der Waals surface area contributed by atoms with Crippen LogP contribution >= 0.6 is 20.3 Å². The molecule has 36 heavy (non-hydrogen) atoms. The molecule has 6 nitrogen and oxygen atoms in total. The number of benzene rings is 4. The third kappa shape index (κ3) is 4.88. The summed E-state index contributed by atoms with van der Waals surface area (Å²) in [6, 6.07) is 29.5. The Kier molecular flexibility index (Phi) is 8.24. The number of hydrogen-bond acceptors (Lipinski definition) is 4. The molecule has 0 amide bonds. The third-order valence-corrected chi connectivity index (χ3v) is 8.57. The van der Waals surface area contributed by atoms with Gasteiger partial charge in [-0.3, -0.25) is 20.2 Å². The van der Waals surface area contributed by atoms with Crippen LogP contribution in [0.15, 0.2) is 97.1 Å². The summed E-state index contributed by atoms with van der Waals surface area (Å²) in [5, 5.41) is 27.9. The molecule has 8 heteroatoms. The molecule has 0 saturated carbocycles. The fourth-order valence-electron chi connectivity index (χ4n) is 4.26. The molecule has 0 aliphatic heterocycles. The Morgan fingerprint density at radius 2 is 1.08 bits per heavy atom. The molecule has 0 aliphatic carbocycles. The van der Waals surface area contributed by atoms with E-state index in [2.05, 4.69) is 24.3 Å². The van der Waals surface area contributed by atoms with Crippen LogP contribution in [0.5, 0.6) is 0 Å². The van der Waals surface area contributed by atoms with Crippen molar-refractivity contribution in [3.63, 3.8) is 0 Å². The number of hydrogen-bond donors (Lipinski definition) is 0. The first-order valence-corrected chi connectivity index (χ1v) is 12.5. The van der Waals surface area contributed by atoms with Crippen molar-refractivity contribution < 1.29 is 9.85 Å². The maximum absolute atomic E-state index is 12.5. The molecule has 0 aromatic heterocycles. The van der Waals surface area contributed by atoms with Crippen molar-refractivity contribution in [2.24, 2.45) is 0 Å². The summed E-state index contributed by atoms with van der Waals surface area (Å²) in [4.78, 5) is 23.4. The summed E-state index contributed by atoms with van der Waals surface area (Å²) in [6.45, 7) is 5.72. The molecule has 0 fully saturated rings. The minimum absolute atomic E-state index is 0. The van der Waals surface area contributed by atoms with Gasteiger partial charge in [-0.25, -0.2) is 0 Å². The van der Waals surface area contributed by atoms with Crippen LogP contribution in [0.2, 0.25) is 0 Å². The maximum atomic E-state index is 12.5. The van der Waals surface area contributed by atoms with Crippen molar-refractivity contribution in [1.82, 2.24) is 0 Å². The van der Waals surface area contributed by atoms with E-state index in [1.165, 1.54) is 12.1 Å². The second kappa shape index (κ2) is 11.0. The average molecular weight is 521 g/mol. The highest BCUT2D eigenvalue weighted by molar-refractivity contribution is 7.79. The molecule has 4 aromatic rings. The highest BCUT2D eigenvalue weighted by Crippen LogP contribution is 2.39. The number of rotatable bonds is 7. The molecule has 0 heterocycles.